The van der Waals surface area contributed by atoms with Gasteiger partial charge in [0.1, 0.15) is 5.69 Å². The Morgan fingerprint density at radius 2 is 2.21 bits per heavy atom. The van der Waals surface area contributed by atoms with Crippen molar-refractivity contribution in [2.24, 2.45) is 0 Å². The molecule has 0 amide bonds. The van der Waals surface area contributed by atoms with Crippen molar-refractivity contribution < 1.29 is 4.92 Å². The number of benzene rings is 1. The van der Waals surface area contributed by atoms with E-state index in [2.05, 4.69) is 18.3 Å². The molecule has 100 valence electrons. The van der Waals surface area contributed by atoms with Crippen LogP contribution in [0.15, 0.2) is 29.6 Å². The van der Waals surface area contributed by atoms with E-state index >= 15 is 0 Å². The second kappa shape index (κ2) is 6.04. The Balaban J connectivity index is 2.22. The van der Waals surface area contributed by atoms with Gasteiger partial charge in [-0.05, 0) is 29.5 Å². The summed E-state index contributed by atoms with van der Waals surface area (Å²) in [5.41, 5.74) is 1.64. The summed E-state index contributed by atoms with van der Waals surface area (Å²) in [7, 11) is 0. The number of anilines is 1. The smallest absolute Gasteiger partial charge is 0.293 e. The van der Waals surface area contributed by atoms with Gasteiger partial charge in [0.25, 0.3) is 5.69 Å². The molecular weight excluding hydrogens is 284 g/mol. The van der Waals surface area contributed by atoms with Gasteiger partial charge in [-0.1, -0.05) is 24.6 Å². The fourth-order valence-electron chi connectivity index (χ4n) is 1.85. The van der Waals surface area contributed by atoms with E-state index in [9.17, 15) is 10.1 Å². The van der Waals surface area contributed by atoms with Crippen molar-refractivity contribution >= 4 is 34.3 Å². The van der Waals surface area contributed by atoms with Crippen LogP contribution in [0.4, 0.5) is 11.4 Å². The van der Waals surface area contributed by atoms with Crippen LogP contribution in [0.2, 0.25) is 5.02 Å². The lowest BCUT2D eigenvalue weighted by molar-refractivity contribution is -0.383. The Hall–Kier alpha value is -1.59. The SMILES string of the molecule is CCc1ccsc1CNc1c(Cl)cccc1[N+](=O)[O-]. The van der Waals surface area contributed by atoms with Crippen LogP contribution in [-0.2, 0) is 13.0 Å². The van der Waals surface area contributed by atoms with Crippen LogP contribution in [0.3, 0.4) is 0 Å². The number of aryl methyl sites for hydroxylation is 1. The highest BCUT2D eigenvalue weighted by Crippen LogP contribution is 2.32. The lowest BCUT2D eigenvalue weighted by Crippen LogP contribution is -2.03. The topological polar surface area (TPSA) is 55.2 Å². The number of hydrogen-bond acceptors (Lipinski definition) is 4. The predicted octanol–water partition coefficient (Wildman–Crippen LogP) is 4.48. The molecule has 4 nitrogen and oxygen atoms in total. The Morgan fingerprint density at radius 3 is 2.89 bits per heavy atom. The number of hydrogen-bond donors (Lipinski definition) is 1. The number of para-hydroxylation sites is 1. The maximum Gasteiger partial charge on any atom is 0.293 e. The summed E-state index contributed by atoms with van der Waals surface area (Å²) in [5.74, 6) is 0. The maximum atomic E-state index is 11.0. The van der Waals surface area contributed by atoms with Crippen molar-refractivity contribution in [3.63, 3.8) is 0 Å². The van der Waals surface area contributed by atoms with E-state index in [4.69, 9.17) is 11.6 Å². The monoisotopic (exact) mass is 296 g/mol. The molecule has 0 saturated carbocycles. The molecule has 6 heteroatoms. The fourth-order valence-corrected chi connectivity index (χ4v) is 3.00. The first-order valence-corrected chi connectivity index (χ1v) is 7.11. The molecule has 1 heterocycles. The largest absolute Gasteiger partial charge is 0.373 e. The highest BCUT2D eigenvalue weighted by atomic mass is 35.5. The van der Waals surface area contributed by atoms with Crippen molar-refractivity contribution in [3.05, 3.63) is 55.2 Å². The van der Waals surface area contributed by atoms with Crippen LogP contribution in [0.1, 0.15) is 17.4 Å². The first kappa shape index (κ1) is 13.8. The molecule has 0 atom stereocenters. The van der Waals surface area contributed by atoms with E-state index in [-0.39, 0.29) is 5.69 Å². The van der Waals surface area contributed by atoms with E-state index in [0.29, 0.717) is 17.3 Å². The number of nitrogens with zero attached hydrogens (tertiary/aromatic N) is 1. The first-order chi connectivity index (χ1) is 9.13. The molecule has 0 aliphatic heterocycles. The van der Waals surface area contributed by atoms with Gasteiger partial charge in [-0.2, -0.15) is 0 Å². The lowest BCUT2D eigenvalue weighted by Gasteiger charge is -2.09. The lowest BCUT2D eigenvalue weighted by atomic mass is 10.2. The second-order valence-corrected chi connectivity index (χ2v) is 5.38. The van der Waals surface area contributed by atoms with Crippen LogP contribution >= 0.6 is 22.9 Å². The van der Waals surface area contributed by atoms with Gasteiger partial charge in [0.2, 0.25) is 0 Å². The summed E-state index contributed by atoms with van der Waals surface area (Å²) in [6.45, 7) is 2.63. The van der Waals surface area contributed by atoms with Gasteiger partial charge in [0.05, 0.1) is 9.95 Å². The summed E-state index contributed by atoms with van der Waals surface area (Å²) in [5, 5.41) is 16.4. The van der Waals surface area contributed by atoms with Crippen molar-refractivity contribution in [1.82, 2.24) is 0 Å². The number of nitrogens with one attached hydrogen (secondary N) is 1. The van der Waals surface area contributed by atoms with Crippen LogP contribution in [0.5, 0.6) is 0 Å². The Morgan fingerprint density at radius 1 is 1.42 bits per heavy atom. The van der Waals surface area contributed by atoms with E-state index in [1.54, 1.807) is 23.5 Å². The normalized spacial score (nSPS) is 10.4. The van der Waals surface area contributed by atoms with Crippen molar-refractivity contribution in [1.29, 1.82) is 0 Å². The average molecular weight is 297 g/mol. The summed E-state index contributed by atoms with van der Waals surface area (Å²) in [6.07, 6.45) is 0.950. The minimum atomic E-state index is -0.427. The number of rotatable bonds is 5. The summed E-state index contributed by atoms with van der Waals surface area (Å²) in [6, 6.07) is 6.74. The zero-order chi connectivity index (χ0) is 13.8. The fraction of sp³-hybridized carbons (Fsp3) is 0.231. The molecule has 2 aromatic rings. The molecule has 1 aromatic carbocycles. The standard InChI is InChI=1S/C13H13ClN2O2S/c1-2-9-6-7-19-12(9)8-15-13-10(14)4-3-5-11(13)16(17)18/h3-7,15H,2,8H2,1H3. The van der Waals surface area contributed by atoms with E-state index in [0.717, 1.165) is 6.42 Å². The molecule has 1 aromatic heterocycles. The first-order valence-electron chi connectivity index (χ1n) is 5.85. The molecule has 0 aliphatic rings. The highest BCUT2D eigenvalue weighted by molar-refractivity contribution is 7.10. The third-order valence-corrected chi connectivity index (χ3v) is 4.11. The number of halogens is 1. The maximum absolute atomic E-state index is 11.0. The van der Waals surface area contributed by atoms with Crippen molar-refractivity contribution in [3.8, 4) is 0 Å². The molecule has 0 radical (unpaired) electrons. The average Bonchev–Trinajstić information content (AvgIpc) is 2.84. The van der Waals surface area contributed by atoms with E-state index in [1.807, 2.05) is 5.38 Å². The number of nitro benzene ring substituents is 1. The Labute approximate surface area is 120 Å². The molecule has 0 fully saturated rings. The van der Waals surface area contributed by atoms with Gasteiger partial charge in [0, 0.05) is 17.5 Å². The molecule has 19 heavy (non-hydrogen) atoms. The van der Waals surface area contributed by atoms with E-state index < -0.39 is 4.92 Å². The number of thiophene rings is 1. The molecule has 0 unspecified atom stereocenters. The molecular formula is C13H13ClN2O2S. The van der Waals surface area contributed by atoms with Gasteiger partial charge in [-0.3, -0.25) is 10.1 Å². The third kappa shape index (κ3) is 3.05. The quantitative estimate of drug-likeness (QED) is 0.653. The van der Waals surface area contributed by atoms with Crippen molar-refractivity contribution in [2.75, 3.05) is 5.32 Å². The van der Waals surface area contributed by atoms with Crippen molar-refractivity contribution in [2.45, 2.75) is 19.9 Å². The van der Waals surface area contributed by atoms with Gasteiger partial charge in [-0.15, -0.1) is 11.3 Å². The summed E-state index contributed by atoms with van der Waals surface area (Å²) in [4.78, 5) is 11.7. The molecule has 0 saturated heterocycles. The second-order valence-electron chi connectivity index (χ2n) is 3.97. The summed E-state index contributed by atoms with van der Waals surface area (Å²) >= 11 is 7.66. The zero-order valence-corrected chi connectivity index (χ0v) is 11.9. The van der Waals surface area contributed by atoms with Gasteiger partial charge >= 0.3 is 0 Å². The Bertz CT molecular complexity index is 598. The number of nitro groups is 1. The molecule has 0 aliphatic carbocycles. The minimum Gasteiger partial charge on any atom is -0.373 e. The van der Waals surface area contributed by atoms with Crippen LogP contribution in [0.25, 0.3) is 0 Å². The minimum absolute atomic E-state index is 0.00195. The highest BCUT2D eigenvalue weighted by Gasteiger charge is 2.16. The Kier molecular flexibility index (Phi) is 4.39. The van der Waals surface area contributed by atoms with Crippen LogP contribution in [-0.4, -0.2) is 4.92 Å². The zero-order valence-electron chi connectivity index (χ0n) is 10.4. The van der Waals surface area contributed by atoms with Gasteiger partial charge < -0.3 is 5.32 Å². The predicted molar refractivity (Wildman–Crippen MR) is 79.1 cm³/mol. The van der Waals surface area contributed by atoms with Gasteiger partial charge in [-0.25, -0.2) is 0 Å². The molecule has 2 rings (SSSR count). The summed E-state index contributed by atoms with van der Waals surface area (Å²) < 4.78 is 0. The van der Waals surface area contributed by atoms with E-state index in [1.165, 1.54) is 16.5 Å². The third-order valence-electron chi connectivity index (χ3n) is 2.83. The van der Waals surface area contributed by atoms with Gasteiger partial charge in [0.15, 0.2) is 0 Å². The molecule has 0 bridgehead atoms. The molecule has 1 N–H and O–H groups in total. The van der Waals surface area contributed by atoms with Crippen LogP contribution < -0.4 is 5.32 Å². The molecule has 0 spiro atoms. The van der Waals surface area contributed by atoms with Crippen LogP contribution in [0, 0.1) is 10.1 Å².